The Morgan fingerprint density at radius 2 is 0.616 bits per heavy atom. The lowest BCUT2D eigenvalue weighted by Crippen LogP contribution is -2.41. The average molecular weight is 1640 g/mol. The number of carbonyl (C=O) groups excluding carboxylic acids is 13. The van der Waals surface area contributed by atoms with Gasteiger partial charge < -0.3 is 124 Å². The van der Waals surface area contributed by atoms with Gasteiger partial charge in [-0.05, 0) is 215 Å². The number of hydrogen-bond donors (Lipinski definition) is 3. The first-order chi connectivity index (χ1) is 51.4. The van der Waals surface area contributed by atoms with Crippen LogP contribution >= 0.6 is 0 Å². The summed E-state index contributed by atoms with van der Waals surface area (Å²) in [5.41, 5.74) is -0.466. The second-order valence-corrected chi connectivity index (χ2v) is 26.7. The van der Waals surface area contributed by atoms with Crippen molar-refractivity contribution in [3.05, 3.63) is 0 Å². The number of aliphatic hydroxyl groups is 3. The first-order valence-corrected chi connectivity index (χ1v) is 36.1. The molecule has 39 heteroatoms. The minimum Gasteiger partial charge on any atom is -0.466 e. The Morgan fingerprint density at radius 3 is 0.866 bits per heavy atom. The predicted octanol–water partition coefficient (Wildman–Crippen LogP) is 11.5. The SMILES string of the molecule is CC(C)OC(=O)CO.CC(C)OC(=O)OC(C)(C)C.CC(C)OC(=O)OC(C)C.CC(C)OC(=O)OC(C)C(=O)OCC(CO)CO.CC(C)OC(=O)OC(C)C(=O)OCC1COC(C)(C)OC1.CCOC(=O)C(C)OC(=O)OC(C)C.CCOC(=O)OC(C)C.COC(=O)C(C)OC(=O)OC(C)C.COC(=O)OC(C)C. The number of carbonyl (C=O) groups is 13. The Balaban J connectivity index is -0.000000185. The maximum Gasteiger partial charge on any atom is 0.509 e. The van der Waals surface area contributed by atoms with Crippen LogP contribution in [0.5, 0.6) is 0 Å². The monoisotopic (exact) mass is 1640 g/mol. The molecule has 1 aliphatic rings. The van der Waals surface area contributed by atoms with Crippen LogP contribution < -0.4 is 0 Å². The lowest BCUT2D eigenvalue weighted by Gasteiger charge is -2.34. The van der Waals surface area contributed by atoms with Gasteiger partial charge in [0.05, 0.1) is 128 Å². The third-order valence-corrected chi connectivity index (χ3v) is 9.98. The van der Waals surface area contributed by atoms with Crippen molar-refractivity contribution >= 4 is 79.1 Å². The standard InChI is InChI=1S/C14H24O7.C11H20O7.C9H16O5.C8H14O5.C8H16O3.C7H14O3.C6H12O3.2C5H10O3/c1-9(2)20-13(16)21-10(3)12(15)17-6-11-7-18-14(4,5)19-8-11;1-7(2)17-11(15)18-8(3)10(14)16-6-9(4-12)5-13;1-5-12-8(10)7(4)14-9(11)13-6(2)3;1-5(2)12-8(10)13-6(3)7(9)11-4;1-6(2)10-7(9)11-8(3,4)5;1-5(2)9-7(8)10-6(3)4;1-4-8-6(7)9-5(2)3;1-4(2)8-5(6)7-3;1-4(2)8-5(7)3-6/h9-11H,6-8H2,1-5H3;7-9,12-13H,4-6H2,1-3H3;6-7H,5H2,1-4H3;5-6H,1-4H3;6H,1-5H3;5-6H,1-4H3;5H,4H2,1-3H3;4H,1-3H3;4,6H,3H2,1-2H3. The molecule has 1 fully saturated rings. The van der Waals surface area contributed by atoms with Crippen LogP contribution in [0, 0.1) is 11.8 Å². The molecule has 1 aliphatic heterocycles. The Morgan fingerprint density at radius 1 is 0.348 bits per heavy atom. The molecule has 4 unspecified atom stereocenters. The molecule has 1 saturated heterocycles. The zero-order valence-corrected chi connectivity index (χ0v) is 72.1. The van der Waals surface area contributed by atoms with Gasteiger partial charge in [-0.1, -0.05) is 0 Å². The van der Waals surface area contributed by atoms with E-state index >= 15 is 0 Å². The van der Waals surface area contributed by atoms with Crippen molar-refractivity contribution in [3.63, 3.8) is 0 Å². The zero-order chi connectivity index (χ0) is 89.4. The van der Waals surface area contributed by atoms with Gasteiger partial charge >= 0.3 is 79.1 Å². The van der Waals surface area contributed by atoms with E-state index in [2.05, 4.69) is 56.8 Å². The summed E-state index contributed by atoms with van der Waals surface area (Å²) >= 11 is 0. The molecule has 0 aromatic rings. The normalized spacial score (nSPS) is 12.7. The number of hydrogen-bond acceptors (Lipinski definition) is 39. The summed E-state index contributed by atoms with van der Waals surface area (Å²) in [4.78, 5) is 141. The fourth-order valence-corrected chi connectivity index (χ4v) is 5.46. The molecule has 0 bridgehead atoms. The quantitative estimate of drug-likeness (QED) is 0.0508. The van der Waals surface area contributed by atoms with E-state index in [9.17, 15) is 62.3 Å². The summed E-state index contributed by atoms with van der Waals surface area (Å²) in [6, 6.07) is 0. The minimum absolute atomic E-state index is 0.0307. The maximum absolute atomic E-state index is 11.7. The van der Waals surface area contributed by atoms with Gasteiger partial charge in [-0.15, -0.1) is 0 Å². The van der Waals surface area contributed by atoms with Crippen molar-refractivity contribution in [2.75, 3.05) is 73.7 Å². The van der Waals surface area contributed by atoms with Gasteiger partial charge in [0.2, 0.25) is 0 Å². The highest BCUT2D eigenvalue weighted by Gasteiger charge is 2.31. The lowest BCUT2D eigenvalue weighted by atomic mass is 10.1. The molecule has 0 aliphatic carbocycles. The molecule has 0 spiro atoms. The fraction of sp³-hybridized carbons (Fsp3) is 0.822. The van der Waals surface area contributed by atoms with Crippen LogP contribution in [0.4, 0.5) is 38.4 Å². The summed E-state index contributed by atoms with van der Waals surface area (Å²) in [6.45, 7) is 53.1. The molecule has 0 aromatic carbocycles. The van der Waals surface area contributed by atoms with E-state index in [0.717, 1.165) is 0 Å². The van der Waals surface area contributed by atoms with Gasteiger partial charge in [0.25, 0.3) is 0 Å². The summed E-state index contributed by atoms with van der Waals surface area (Å²) < 4.78 is 109. The molecule has 0 amide bonds. The van der Waals surface area contributed by atoms with Gasteiger partial charge in [0.1, 0.15) is 12.2 Å². The molecular formula is C73H136O39. The van der Waals surface area contributed by atoms with Crippen LogP contribution in [-0.4, -0.2) is 265 Å². The van der Waals surface area contributed by atoms with Crippen molar-refractivity contribution in [2.45, 2.75) is 311 Å². The van der Waals surface area contributed by atoms with Gasteiger partial charge in [0.15, 0.2) is 30.2 Å². The first kappa shape index (κ1) is 119. The fourth-order valence-electron chi connectivity index (χ4n) is 5.46. The number of rotatable bonds is 27. The number of aliphatic hydroxyl groups excluding tert-OH is 3. The van der Waals surface area contributed by atoms with Crippen LogP contribution in [-0.2, 0) is 133 Å². The summed E-state index contributed by atoms with van der Waals surface area (Å²) in [5.74, 6) is -4.31. The van der Waals surface area contributed by atoms with Gasteiger partial charge in [0, 0.05) is 11.8 Å². The van der Waals surface area contributed by atoms with E-state index in [1.165, 1.54) is 41.9 Å². The Bertz CT molecular complexity index is 2490. The molecule has 1 heterocycles. The third kappa shape index (κ3) is 90.2. The molecule has 112 heavy (non-hydrogen) atoms. The van der Waals surface area contributed by atoms with Crippen molar-refractivity contribution in [1.82, 2.24) is 0 Å². The molecule has 1 rings (SSSR count). The van der Waals surface area contributed by atoms with Crippen molar-refractivity contribution < 1.29 is 187 Å². The molecule has 0 radical (unpaired) electrons. The Labute approximate surface area is 660 Å². The van der Waals surface area contributed by atoms with E-state index in [-0.39, 0.29) is 100.0 Å². The van der Waals surface area contributed by atoms with Gasteiger partial charge in [-0.25, -0.2) is 62.3 Å². The highest BCUT2D eigenvalue weighted by atomic mass is 16.8. The van der Waals surface area contributed by atoms with Crippen LogP contribution in [0.25, 0.3) is 0 Å². The van der Waals surface area contributed by atoms with Crippen molar-refractivity contribution in [3.8, 4) is 0 Å². The molecule has 662 valence electrons. The average Bonchev–Trinajstić information content (AvgIpc) is 0.871. The highest BCUT2D eigenvalue weighted by Crippen LogP contribution is 2.21. The largest absolute Gasteiger partial charge is 0.509 e. The van der Waals surface area contributed by atoms with Crippen LogP contribution in [0.15, 0.2) is 0 Å². The summed E-state index contributed by atoms with van der Waals surface area (Å²) in [6.07, 6.45) is -11.8. The highest BCUT2D eigenvalue weighted by molar-refractivity contribution is 5.79. The molecule has 4 atom stereocenters. The van der Waals surface area contributed by atoms with Crippen molar-refractivity contribution in [1.29, 1.82) is 0 Å². The molecule has 3 N–H and O–H groups in total. The Hall–Kier alpha value is -8.69. The molecule has 39 nitrogen and oxygen atoms in total. The number of esters is 5. The summed E-state index contributed by atoms with van der Waals surface area (Å²) in [7, 11) is 2.50. The van der Waals surface area contributed by atoms with Crippen LogP contribution in [0.3, 0.4) is 0 Å². The molecule has 0 saturated carbocycles. The third-order valence-electron chi connectivity index (χ3n) is 9.98. The van der Waals surface area contributed by atoms with E-state index in [1.807, 2.05) is 13.8 Å². The Kier molecular flexibility index (Phi) is 74.6. The first-order valence-electron chi connectivity index (χ1n) is 36.1. The zero-order valence-electron chi connectivity index (χ0n) is 72.1. The van der Waals surface area contributed by atoms with E-state index in [1.54, 1.807) is 173 Å². The van der Waals surface area contributed by atoms with Crippen molar-refractivity contribution in [2.24, 2.45) is 11.8 Å². The number of ether oxygens (including phenoxy) is 23. The predicted molar refractivity (Wildman–Crippen MR) is 397 cm³/mol. The maximum atomic E-state index is 11.7. The smallest absolute Gasteiger partial charge is 0.466 e. The van der Waals surface area contributed by atoms with E-state index in [0.29, 0.717) is 19.8 Å². The minimum atomic E-state index is -1.10. The van der Waals surface area contributed by atoms with Crippen LogP contribution in [0.2, 0.25) is 0 Å². The lowest BCUT2D eigenvalue weighted by molar-refractivity contribution is -0.266. The second kappa shape index (κ2) is 70.2. The second-order valence-electron chi connectivity index (χ2n) is 26.7. The number of methoxy groups -OCH3 is 2. The molecule has 0 aromatic heterocycles. The van der Waals surface area contributed by atoms with Gasteiger partial charge in [-0.3, -0.25) is 0 Å². The van der Waals surface area contributed by atoms with E-state index < -0.39 is 127 Å². The summed E-state index contributed by atoms with van der Waals surface area (Å²) in [5, 5.41) is 25.6. The molecular weight excluding hydrogens is 1500 g/mol. The van der Waals surface area contributed by atoms with E-state index in [4.69, 9.17) is 67.4 Å². The topological polar surface area (TPSA) is 495 Å². The van der Waals surface area contributed by atoms with Gasteiger partial charge in [-0.2, -0.15) is 0 Å². The van der Waals surface area contributed by atoms with Crippen LogP contribution in [0.1, 0.15) is 215 Å².